The van der Waals surface area contributed by atoms with Crippen LogP contribution in [-0.4, -0.2) is 89.2 Å². The van der Waals surface area contributed by atoms with Gasteiger partial charge < -0.3 is 51.2 Å². The number of piperazine rings is 1. The number of primary amides is 1. The zero-order valence-corrected chi connectivity index (χ0v) is 36.4. The van der Waals surface area contributed by atoms with Gasteiger partial charge >= 0.3 is 18.1 Å². The number of halogens is 1. The number of rotatable bonds is 16. The minimum atomic E-state index is -1.39. The van der Waals surface area contributed by atoms with Crippen molar-refractivity contribution in [3.05, 3.63) is 106 Å². The molecule has 2 heterocycles. The number of carbonyl (C=O) groups excluding carboxylic acids is 5. The van der Waals surface area contributed by atoms with E-state index in [1.165, 1.54) is 17.2 Å². The highest BCUT2D eigenvalue weighted by Gasteiger charge is 2.59. The van der Waals surface area contributed by atoms with Crippen LogP contribution >= 0.6 is 0 Å². The molecule has 1 aliphatic carbocycles. The summed E-state index contributed by atoms with van der Waals surface area (Å²) in [6.07, 6.45) is 1.69. The van der Waals surface area contributed by atoms with Crippen LogP contribution in [0.3, 0.4) is 0 Å². The SMILES string of the molecule is CCn1cc(C(=O)O)c(=O)c2cc(F)c(N3CCN(C(=O)OCc4ccc(NC(=O)C(CCCNC(N)=O)NC(=O)C5(C(=O)NC(C)c6ccccc6)CC(C)(C)C5)cc4)CC3)cc21. The number of hydrogen-bond donors (Lipinski definition) is 6. The molecule has 340 valence electrons. The van der Waals surface area contributed by atoms with Crippen LogP contribution in [0.4, 0.5) is 25.4 Å². The van der Waals surface area contributed by atoms with Crippen LogP contribution in [-0.2, 0) is 32.3 Å². The average Bonchev–Trinajstić information content (AvgIpc) is 3.26. The lowest BCUT2D eigenvalue weighted by molar-refractivity contribution is -0.160. The van der Waals surface area contributed by atoms with Crippen molar-refractivity contribution >= 4 is 58.1 Å². The van der Waals surface area contributed by atoms with Gasteiger partial charge in [0.25, 0.3) is 0 Å². The lowest BCUT2D eigenvalue weighted by Crippen LogP contribution is -2.63. The number of ether oxygens (including phenoxy) is 1. The van der Waals surface area contributed by atoms with E-state index in [-0.39, 0.29) is 81.1 Å². The van der Waals surface area contributed by atoms with E-state index in [0.29, 0.717) is 29.7 Å². The molecule has 0 bridgehead atoms. The molecule has 1 saturated carbocycles. The number of urea groups is 1. The number of amides is 6. The number of nitrogens with zero attached hydrogens (tertiary/aromatic N) is 3. The number of carboxylic acid groups (broad SMARTS) is 1. The first-order chi connectivity index (χ1) is 30.4. The first-order valence-corrected chi connectivity index (χ1v) is 21.3. The van der Waals surface area contributed by atoms with E-state index in [4.69, 9.17) is 10.5 Å². The van der Waals surface area contributed by atoms with Crippen molar-refractivity contribution in [3.8, 4) is 0 Å². The summed E-state index contributed by atoms with van der Waals surface area (Å²) in [6, 6.07) is 16.4. The normalized spacial score (nSPS) is 16.1. The Balaban J connectivity index is 1.04. The minimum absolute atomic E-state index is 0.0292. The van der Waals surface area contributed by atoms with Gasteiger partial charge in [0.1, 0.15) is 29.4 Å². The van der Waals surface area contributed by atoms with Gasteiger partial charge in [-0.15, -0.1) is 0 Å². The summed E-state index contributed by atoms with van der Waals surface area (Å²) in [7, 11) is 0. The fraction of sp³-hybridized carbons (Fsp3) is 0.413. The maximum atomic E-state index is 15.4. The van der Waals surface area contributed by atoms with Crippen LogP contribution < -0.4 is 37.3 Å². The second-order valence-electron chi connectivity index (χ2n) is 17.2. The van der Waals surface area contributed by atoms with Crippen LogP contribution in [0.2, 0.25) is 0 Å². The highest BCUT2D eigenvalue weighted by Crippen LogP contribution is 2.54. The summed E-state index contributed by atoms with van der Waals surface area (Å²) in [5, 5.41) is 20.6. The van der Waals surface area contributed by atoms with Gasteiger partial charge in [0.05, 0.1) is 17.2 Å². The van der Waals surface area contributed by atoms with E-state index in [2.05, 4.69) is 21.3 Å². The quantitative estimate of drug-likeness (QED) is 0.0660. The van der Waals surface area contributed by atoms with E-state index < -0.39 is 64.1 Å². The third-order valence-corrected chi connectivity index (χ3v) is 11.8. The lowest BCUT2D eigenvalue weighted by atomic mass is 9.53. The number of carbonyl (C=O) groups is 6. The zero-order valence-electron chi connectivity index (χ0n) is 36.4. The van der Waals surface area contributed by atoms with Gasteiger partial charge in [-0.25, -0.2) is 18.8 Å². The van der Waals surface area contributed by atoms with Crippen LogP contribution in [0.1, 0.15) is 80.9 Å². The second-order valence-corrected chi connectivity index (χ2v) is 17.2. The molecule has 2 aliphatic rings. The predicted molar refractivity (Wildman–Crippen MR) is 237 cm³/mol. The number of aromatic nitrogens is 1. The van der Waals surface area contributed by atoms with E-state index in [0.717, 1.165) is 11.6 Å². The van der Waals surface area contributed by atoms with Gasteiger partial charge in [-0.05, 0) is 80.3 Å². The second kappa shape index (κ2) is 19.6. The van der Waals surface area contributed by atoms with Crippen molar-refractivity contribution < 1.29 is 43.0 Å². The van der Waals surface area contributed by atoms with Gasteiger partial charge in [-0.3, -0.25) is 19.2 Å². The molecule has 2 unspecified atom stereocenters. The maximum absolute atomic E-state index is 15.4. The summed E-state index contributed by atoms with van der Waals surface area (Å²) in [5.41, 5.74) is 4.90. The summed E-state index contributed by atoms with van der Waals surface area (Å²) < 4.78 is 22.5. The molecule has 6 amide bonds. The molecule has 3 aromatic carbocycles. The average molecular weight is 883 g/mol. The summed E-state index contributed by atoms with van der Waals surface area (Å²) in [4.78, 5) is 93.6. The summed E-state index contributed by atoms with van der Waals surface area (Å²) in [6.45, 7) is 9.04. The first kappa shape index (κ1) is 46.5. The minimum Gasteiger partial charge on any atom is -0.477 e. The number of nitrogens with two attached hydrogens (primary N) is 1. The molecule has 4 aromatic rings. The van der Waals surface area contributed by atoms with Crippen LogP contribution in [0.15, 0.2) is 77.7 Å². The Bertz CT molecular complexity index is 2460. The van der Waals surface area contributed by atoms with Crippen LogP contribution in [0.5, 0.6) is 0 Å². The molecule has 17 nitrogen and oxygen atoms in total. The van der Waals surface area contributed by atoms with E-state index in [1.54, 1.807) is 40.7 Å². The summed E-state index contributed by atoms with van der Waals surface area (Å²) >= 11 is 0. The molecule has 1 saturated heterocycles. The standard InChI is InChI=1S/C46H55FN8O9/c1-5-53-24-33(40(58)59)38(56)32-22-34(47)37(23-36(32)53)54-18-20-55(21-19-54)44(63)64-25-29-13-15-31(16-14-29)51-39(57)35(12-9-17-49-43(48)62)52-42(61)46(26-45(3,4)27-46)41(60)50-28(2)30-10-7-6-8-11-30/h6-8,10-11,13-16,22-24,28,35H,5,9,12,17-21,25-27H2,1-4H3,(H,50,60)(H,51,57)(H,52,61)(H,58,59)(H3,48,49,62). The highest BCUT2D eigenvalue weighted by atomic mass is 19.1. The molecule has 1 aromatic heterocycles. The number of benzene rings is 3. The first-order valence-electron chi connectivity index (χ1n) is 21.3. The third kappa shape index (κ3) is 10.6. The zero-order chi connectivity index (χ0) is 46.3. The molecule has 0 radical (unpaired) electrons. The van der Waals surface area contributed by atoms with Crippen molar-refractivity contribution in [2.45, 2.75) is 78.6 Å². The summed E-state index contributed by atoms with van der Waals surface area (Å²) in [5.74, 6) is -3.58. The molecule has 2 atom stereocenters. The molecular formula is C46H55FN8O9. The maximum Gasteiger partial charge on any atom is 0.410 e. The number of fused-ring (bicyclic) bond motifs is 1. The Labute approximate surface area is 369 Å². The van der Waals surface area contributed by atoms with Gasteiger partial charge in [0.15, 0.2) is 0 Å². The molecule has 64 heavy (non-hydrogen) atoms. The van der Waals surface area contributed by atoms with E-state index in [9.17, 15) is 38.7 Å². The topological polar surface area (TPSA) is 234 Å². The number of aromatic carboxylic acids is 1. The number of carboxylic acids is 1. The number of pyridine rings is 1. The fourth-order valence-electron chi connectivity index (χ4n) is 8.58. The Kier molecular flexibility index (Phi) is 14.2. The van der Waals surface area contributed by atoms with Crippen molar-refractivity contribution in [2.24, 2.45) is 16.6 Å². The van der Waals surface area contributed by atoms with Crippen molar-refractivity contribution in [2.75, 3.05) is 42.9 Å². The number of anilines is 2. The van der Waals surface area contributed by atoms with Crippen molar-refractivity contribution in [1.29, 1.82) is 0 Å². The molecular weight excluding hydrogens is 828 g/mol. The predicted octanol–water partition coefficient (Wildman–Crippen LogP) is 4.87. The Hall–Kier alpha value is -6.98. The Morgan fingerprint density at radius 3 is 2.19 bits per heavy atom. The van der Waals surface area contributed by atoms with Crippen LogP contribution in [0.25, 0.3) is 10.9 Å². The monoisotopic (exact) mass is 882 g/mol. The smallest absolute Gasteiger partial charge is 0.410 e. The Morgan fingerprint density at radius 1 is 0.922 bits per heavy atom. The molecule has 2 fully saturated rings. The molecule has 1 aliphatic heterocycles. The van der Waals surface area contributed by atoms with Crippen molar-refractivity contribution in [1.82, 2.24) is 25.4 Å². The fourth-order valence-corrected chi connectivity index (χ4v) is 8.58. The Morgan fingerprint density at radius 2 is 1.58 bits per heavy atom. The number of aryl methyl sites for hydroxylation is 1. The molecule has 0 spiro atoms. The number of hydrogen-bond acceptors (Lipinski definition) is 9. The van der Waals surface area contributed by atoms with E-state index in [1.807, 2.05) is 51.1 Å². The molecule has 6 rings (SSSR count). The van der Waals surface area contributed by atoms with E-state index >= 15 is 4.39 Å². The highest BCUT2D eigenvalue weighted by molar-refractivity contribution is 6.08. The van der Waals surface area contributed by atoms with Crippen LogP contribution in [0, 0.1) is 16.6 Å². The number of nitrogens with one attached hydrogen (secondary N) is 4. The largest absolute Gasteiger partial charge is 0.477 e. The van der Waals surface area contributed by atoms with Crippen molar-refractivity contribution in [3.63, 3.8) is 0 Å². The molecule has 18 heteroatoms. The van der Waals surface area contributed by atoms with Gasteiger partial charge in [-0.1, -0.05) is 56.3 Å². The lowest BCUT2D eigenvalue weighted by Gasteiger charge is -2.51. The van der Waals surface area contributed by atoms with Gasteiger partial charge in [0, 0.05) is 56.5 Å². The molecule has 7 N–H and O–H groups in total. The third-order valence-electron chi connectivity index (χ3n) is 11.8. The van der Waals surface area contributed by atoms with Gasteiger partial charge in [0.2, 0.25) is 23.2 Å². The van der Waals surface area contributed by atoms with Gasteiger partial charge in [-0.2, -0.15) is 0 Å².